The number of piperazine rings is 1. The molecule has 1 unspecified atom stereocenters. The Labute approximate surface area is 171 Å². The van der Waals surface area contributed by atoms with E-state index in [0.29, 0.717) is 24.4 Å². The molecule has 2 aromatic rings. The van der Waals surface area contributed by atoms with Gasteiger partial charge in [0.15, 0.2) is 0 Å². The van der Waals surface area contributed by atoms with Gasteiger partial charge in [-0.15, -0.1) is 0 Å². The molecule has 29 heavy (non-hydrogen) atoms. The van der Waals surface area contributed by atoms with Crippen molar-refractivity contribution in [2.75, 3.05) is 31.1 Å². The predicted octanol–water partition coefficient (Wildman–Crippen LogP) is 2.28. The van der Waals surface area contributed by atoms with Crippen molar-refractivity contribution in [2.45, 2.75) is 45.6 Å². The Morgan fingerprint density at radius 2 is 1.97 bits per heavy atom. The van der Waals surface area contributed by atoms with Crippen molar-refractivity contribution < 1.29 is 4.79 Å². The molecule has 0 spiro atoms. The first-order valence-electron chi connectivity index (χ1n) is 10.4. The van der Waals surface area contributed by atoms with Gasteiger partial charge in [-0.2, -0.15) is 5.10 Å². The van der Waals surface area contributed by atoms with Gasteiger partial charge in [-0.1, -0.05) is 13.8 Å². The standard InChI is InChI=1S/C22H29N5O2/c1-22(2)8-7-17(14-22)19-5-6-20(28)27(24-19)16-21(29)26-12-10-25(11-13-26)18-4-3-9-23-15-18/h3-6,9,15,17H,7-8,10-14,16H2,1-2H3. The first kappa shape index (κ1) is 19.6. The number of hydrogen-bond acceptors (Lipinski definition) is 5. The summed E-state index contributed by atoms with van der Waals surface area (Å²) in [6.45, 7) is 7.36. The molecule has 1 amide bonds. The number of nitrogens with zero attached hydrogens (tertiary/aromatic N) is 5. The molecule has 0 N–H and O–H groups in total. The summed E-state index contributed by atoms with van der Waals surface area (Å²) in [6, 6.07) is 7.34. The van der Waals surface area contributed by atoms with Crippen molar-refractivity contribution in [2.24, 2.45) is 5.41 Å². The monoisotopic (exact) mass is 395 g/mol. The van der Waals surface area contributed by atoms with Crippen LogP contribution in [0.4, 0.5) is 5.69 Å². The van der Waals surface area contributed by atoms with Crippen LogP contribution in [-0.2, 0) is 11.3 Å². The number of amides is 1. The number of pyridine rings is 1. The van der Waals surface area contributed by atoms with Gasteiger partial charge < -0.3 is 9.80 Å². The molecular formula is C22H29N5O2. The Morgan fingerprint density at radius 1 is 1.17 bits per heavy atom. The molecule has 1 aliphatic carbocycles. The molecule has 1 saturated heterocycles. The van der Waals surface area contributed by atoms with E-state index in [1.807, 2.05) is 29.3 Å². The van der Waals surface area contributed by atoms with E-state index >= 15 is 0 Å². The molecule has 1 saturated carbocycles. The molecule has 2 aliphatic rings. The summed E-state index contributed by atoms with van der Waals surface area (Å²) >= 11 is 0. The number of carbonyl (C=O) groups is 1. The van der Waals surface area contributed by atoms with Crippen LogP contribution in [0.15, 0.2) is 41.5 Å². The SMILES string of the molecule is CC1(C)CCC(c2ccc(=O)n(CC(=O)N3CCN(c4cccnc4)CC3)n2)C1. The third-order valence-corrected chi connectivity index (χ3v) is 6.20. The molecule has 2 aromatic heterocycles. The van der Waals surface area contributed by atoms with Crippen LogP contribution in [0.5, 0.6) is 0 Å². The lowest BCUT2D eigenvalue weighted by Gasteiger charge is -2.36. The second-order valence-corrected chi connectivity index (χ2v) is 8.94. The fourth-order valence-electron chi connectivity index (χ4n) is 4.47. The van der Waals surface area contributed by atoms with Crippen LogP contribution in [0.3, 0.4) is 0 Å². The van der Waals surface area contributed by atoms with Crippen LogP contribution in [0.2, 0.25) is 0 Å². The molecule has 3 heterocycles. The molecule has 2 fully saturated rings. The summed E-state index contributed by atoms with van der Waals surface area (Å²) in [5, 5.41) is 4.56. The van der Waals surface area contributed by atoms with Gasteiger partial charge in [0.05, 0.1) is 17.6 Å². The van der Waals surface area contributed by atoms with Gasteiger partial charge in [0.2, 0.25) is 5.91 Å². The molecule has 4 rings (SSSR count). The first-order valence-corrected chi connectivity index (χ1v) is 10.4. The van der Waals surface area contributed by atoms with Crippen molar-refractivity contribution in [3.8, 4) is 0 Å². The summed E-state index contributed by atoms with van der Waals surface area (Å²) in [7, 11) is 0. The van der Waals surface area contributed by atoms with Crippen LogP contribution in [0.25, 0.3) is 0 Å². The number of rotatable bonds is 4. The summed E-state index contributed by atoms with van der Waals surface area (Å²) in [6.07, 6.45) is 6.93. The highest BCUT2D eigenvalue weighted by Crippen LogP contribution is 2.45. The molecule has 7 heteroatoms. The van der Waals surface area contributed by atoms with Crippen molar-refractivity contribution >= 4 is 11.6 Å². The van der Waals surface area contributed by atoms with E-state index in [1.54, 1.807) is 12.3 Å². The van der Waals surface area contributed by atoms with E-state index in [0.717, 1.165) is 37.3 Å². The Balaban J connectivity index is 1.39. The van der Waals surface area contributed by atoms with E-state index in [9.17, 15) is 9.59 Å². The van der Waals surface area contributed by atoms with Crippen LogP contribution in [-0.4, -0.2) is 51.8 Å². The van der Waals surface area contributed by atoms with Crippen molar-refractivity contribution in [3.05, 3.63) is 52.7 Å². The van der Waals surface area contributed by atoms with Crippen molar-refractivity contribution in [3.63, 3.8) is 0 Å². The Morgan fingerprint density at radius 3 is 2.62 bits per heavy atom. The normalized spacial score (nSPS) is 21.4. The van der Waals surface area contributed by atoms with Gasteiger partial charge in [-0.05, 0) is 42.9 Å². The number of hydrogen-bond donors (Lipinski definition) is 0. The number of anilines is 1. The minimum atomic E-state index is -0.214. The van der Waals surface area contributed by atoms with Crippen LogP contribution >= 0.6 is 0 Å². The summed E-state index contributed by atoms with van der Waals surface area (Å²) in [5.41, 5.74) is 2.11. The largest absolute Gasteiger partial charge is 0.367 e. The van der Waals surface area contributed by atoms with Crippen LogP contribution in [0.1, 0.15) is 44.7 Å². The first-order chi connectivity index (χ1) is 13.9. The average molecular weight is 396 g/mol. The molecule has 0 aromatic carbocycles. The summed E-state index contributed by atoms with van der Waals surface area (Å²) in [5.74, 6) is 0.323. The highest BCUT2D eigenvalue weighted by atomic mass is 16.2. The molecule has 0 bridgehead atoms. The van der Waals surface area contributed by atoms with Crippen LogP contribution in [0, 0.1) is 5.41 Å². The van der Waals surface area contributed by atoms with Gasteiger partial charge in [-0.25, -0.2) is 4.68 Å². The highest BCUT2D eigenvalue weighted by Gasteiger charge is 2.33. The maximum atomic E-state index is 12.8. The Kier molecular flexibility index (Phi) is 5.39. The fraction of sp³-hybridized carbons (Fsp3) is 0.545. The minimum absolute atomic E-state index is 0.00960. The number of aromatic nitrogens is 3. The minimum Gasteiger partial charge on any atom is -0.367 e. The Hall–Kier alpha value is -2.70. The summed E-state index contributed by atoms with van der Waals surface area (Å²) in [4.78, 5) is 33.3. The average Bonchev–Trinajstić information content (AvgIpc) is 3.10. The highest BCUT2D eigenvalue weighted by molar-refractivity contribution is 5.76. The zero-order valence-electron chi connectivity index (χ0n) is 17.3. The maximum absolute atomic E-state index is 12.8. The zero-order valence-corrected chi connectivity index (χ0v) is 17.3. The smallest absolute Gasteiger partial charge is 0.267 e. The molecule has 7 nitrogen and oxygen atoms in total. The van der Waals surface area contributed by atoms with Gasteiger partial charge in [0, 0.05) is 44.4 Å². The van der Waals surface area contributed by atoms with E-state index in [1.165, 1.54) is 11.1 Å². The van der Waals surface area contributed by atoms with E-state index in [4.69, 9.17) is 0 Å². The third-order valence-electron chi connectivity index (χ3n) is 6.20. The van der Waals surface area contributed by atoms with Crippen molar-refractivity contribution in [1.29, 1.82) is 0 Å². The van der Waals surface area contributed by atoms with Gasteiger partial charge in [0.25, 0.3) is 5.56 Å². The molecular weight excluding hydrogens is 366 g/mol. The molecule has 154 valence electrons. The van der Waals surface area contributed by atoms with E-state index < -0.39 is 0 Å². The van der Waals surface area contributed by atoms with E-state index in [-0.39, 0.29) is 18.0 Å². The van der Waals surface area contributed by atoms with Gasteiger partial charge in [-0.3, -0.25) is 14.6 Å². The lowest BCUT2D eigenvalue weighted by Crippen LogP contribution is -2.50. The molecule has 0 radical (unpaired) electrons. The quantitative estimate of drug-likeness (QED) is 0.794. The number of carbonyl (C=O) groups excluding carboxylic acids is 1. The molecule has 1 aliphatic heterocycles. The lowest BCUT2D eigenvalue weighted by molar-refractivity contribution is -0.132. The topological polar surface area (TPSA) is 71.3 Å². The maximum Gasteiger partial charge on any atom is 0.267 e. The predicted molar refractivity (Wildman–Crippen MR) is 112 cm³/mol. The third kappa shape index (κ3) is 4.49. The van der Waals surface area contributed by atoms with Crippen molar-refractivity contribution in [1.82, 2.24) is 19.7 Å². The lowest BCUT2D eigenvalue weighted by atomic mass is 9.90. The van der Waals surface area contributed by atoms with Gasteiger partial charge >= 0.3 is 0 Å². The zero-order chi connectivity index (χ0) is 20.4. The second kappa shape index (κ2) is 7.97. The molecule has 1 atom stereocenters. The fourth-order valence-corrected chi connectivity index (χ4v) is 4.47. The Bertz CT molecular complexity index is 916. The van der Waals surface area contributed by atoms with Gasteiger partial charge in [0.1, 0.15) is 6.54 Å². The van der Waals surface area contributed by atoms with Crippen LogP contribution < -0.4 is 10.5 Å². The van der Waals surface area contributed by atoms with E-state index in [2.05, 4.69) is 28.8 Å². The summed E-state index contributed by atoms with van der Waals surface area (Å²) < 4.78 is 1.34. The second-order valence-electron chi connectivity index (χ2n) is 8.94.